The summed E-state index contributed by atoms with van der Waals surface area (Å²) in [4.78, 5) is 9.51. The Balaban J connectivity index is 2.42. The zero-order chi connectivity index (χ0) is 16.4. The Morgan fingerprint density at radius 1 is 1.41 bits per heavy atom. The lowest BCUT2D eigenvalue weighted by Crippen LogP contribution is -2.40. The summed E-state index contributed by atoms with van der Waals surface area (Å²) in [5.74, 6) is 2.71. The molecule has 1 heterocycles. The maximum absolute atomic E-state index is 5.11. The van der Waals surface area contributed by atoms with Crippen molar-refractivity contribution in [2.45, 2.75) is 33.6 Å². The van der Waals surface area contributed by atoms with E-state index in [1.807, 2.05) is 0 Å². The standard InChI is InChI=1S/C17H36N4O/c1-6-18-17(19-8-10-20(4)11-12-22-5)21-9-7-16(14-21)13-15(2)3/h15-16H,6-14H2,1-5H3,(H,18,19). The molecule has 0 spiro atoms. The molecule has 0 aromatic rings. The quantitative estimate of drug-likeness (QED) is 0.521. The Morgan fingerprint density at radius 2 is 2.18 bits per heavy atom. The summed E-state index contributed by atoms with van der Waals surface area (Å²) < 4.78 is 5.11. The minimum Gasteiger partial charge on any atom is -0.383 e. The van der Waals surface area contributed by atoms with E-state index in [1.165, 1.54) is 12.8 Å². The predicted molar refractivity (Wildman–Crippen MR) is 94.5 cm³/mol. The Labute approximate surface area is 137 Å². The van der Waals surface area contributed by atoms with Crippen LogP contribution >= 0.6 is 0 Å². The fourth-order valence-corrected chi connectivity index (χ4v) is 3.00. The van der Waals surface area contributed by atoms with Gasteiger partial charge in [-0.15, -0.1) is 0 Å². The molecule has 1 atom stereocenters. The fraction of sp³-hybridized carbons (Fsp3) is 0.941. The highest BCUT2D eigenvalue weighted by molar-refractivity contribution is 5.80. The van der Waals surface area contributed by atoms with E-state index in [1.54, 1.807) is 7.11 Å². The number of likely N-dealkylation sites (tertiary alicyclic amines) is 1. The zero-order valence-corrected chi connectivity index (χ0v) is 15.3. The van der Waals surface area contributed by atoms with Crippen LogP contribution in [-0.2, 0) is 4.74 Å². The summed E-state index contributed by atoms with van der Waals surface area (Å²) in [6.45, 7) is 13.6. The lowest BCUT2D eigenvalue weighted by Gasteiger charge is -2.22. The van der Waals surface area contributed by atoms with Gasteiger partial charge in [-0.1, -0.05) is 13.8 Å². The number of guanidine groups is 1. The van der Waals surface area contributed by atoms with Crippen LogP contribution in [0.2, 0.25) is 0 Å². The van der Waals surface area contributed by atoms with Gasteiger partial charge in [0.05, 0.1) is 13.2 Å². The second kappa shape index (κ2) is 10.8. The van der Waals surface area contributed by atoms with Crippen molar-refractivity contribution in [2.24, 2.45) is 16.8 Å². The molecule has 0 aromatic carbocycles. The van der Waals surface area contributed by atoms with E-state index in [0.29, 0.717) is 0 Å². The van der Waals surface area contributed by atoms with Crippen molar-refractivity contribution in [1.82, 2.24) is 15.1 Å². The van der Waals surface area contributed by atoms with Crippen molar-refractivity contribution in [3.8, 4) is 0 Å². The number of methoxy groups -OCH3 is 1. The van der Waals surface area contributed by atoms with Crippen molar-refractivity contribution >= 4 is 5.96 Å². The van der Waals surface area contributed by atoms with E-state index >= 15 is 0 Å². The van der Waals surface area contributed by atoms with E-state index < -0.39 is 0 Å². The van der Waals surface area contributed by atoms with E-state index in [9.17, 15) is 0 Å². The van der Waals surface area contributed by atoms with Gasteiger partial charge in [-0.25, -0.2) is 0 Å². The summed E-state index contributed by atoms with van der Waals surface area (Å²) in [5.41, 5.74) is 0. The molecule has 1 unspecified atom stereocenters. The molecule has 1 fully saturated rings. The van der Waals surface area contributed by atoms with Crippen molar-refractivity contribution in [3.05, 3.63) is 0 Å². The summed E-state index contributed by atoms with van der Waals surface area (Å²) in [7, 11) is 3.87. The van der Waals surface area contributed by atoms with Crippen LogP contribution in [0.1, 0.15) is 33.6 Å². The zero-order valence-electron chi connectivity index (χ0n) is 15.3. The molecule has 0 bridgehead atoms. The van der Waals surface area contributed by atoms with Gasteiger partial charge in [0, 0.05) is 39.8 Å². The third-order valence-corrected chi connectivity index (χ3v) is 4.15. The summed E-state index contributed by atoms with van der Waals surface area (Å²) in [6, 6.07) is 0. The summed E-state index contributed by atoms with van der Waals surface area (Å²) in [5, 5.41) is 3.45. The Hall–Kier alpha value is -0.810. The molecule has 1 aliphatic heterocycles. The first-order valence-electron chi connectivity index (χ1n) is 8.77. The molecule has 5 nitrogen and oxygen atoms in total. The van der Waals surface area contributed by atoms with Crippen LogP contribution in [0.25, 0.3) is 0 Å². The molecule has 1 rings (SSSR count). The fourth-order valence-electron chi connectivity index (χ4n) is 3.00. The number of likely N-dealkylation sites (N-methyl/N-ethyl adjacent to an activating group) is 1. The smallest absolute Gasteiger partial charge is 0.193 e. The number of hydrogen-bond acceptors (Lipinski definition) is 3. The lowest BCUT2D eigenvalue weighted by atomic mass is 9.97. The molecule has 0 aromatic heterocycles. The molecular formula is C17H36N4O. The van der Waals surface area contributed by atoms with Crippen LogP contribution in [0.3, 0.4) is 0 Å². The average Bonchev–Trinajstić information content (AvgIpc) is 2.91. The minimum atomic E-state index is 0.781. The number of nitrogens with zero attached hydrogens (tertiary/aromatic N) is 3. The van der Waals surface area contributed by atoms with Crippen LogP contribution in [0.5, 0.6) is 0 Å². The monoisotopic (exact) mass is 312 g/mol. The molecule has 5 heteroatoms. The first-order valence-corrected chi connectivity index (χ1v) is 8.77. The van der Waals surface area contributed by atoms with Crippen molar-refractivity contribution < 1.29 is 4.74 Å². The minimum absolute atomic E-state index is 0.781. The Morgan fingerprint density at radius 3 is 2.82 bits per heavy atom. The molecular weight excluding hydrogens is 276 g/mol. The van der Waals surface area contributed by atoms with E-state index in [-0.39, 0.29) is 0 Å². The maximum Gasteiger partial charge on any atom is 0.193 e. The van der Waals surface area contributed by atoms with E-state index in [0.717, 1.165) is 63.7 Å². The molecule has 0 amide bonds. The highest BCUT2D eigenvalue weighted by atomic mass is 16.5. The molecule has 0 saturated carbocycles. The van der Waals surface area contributed by atoms with Crippen LogP contribution in [0, 0.1) is 11.8 Å². The second-order valence-electron chi connectivity index (χ2n) is 6.76. The van der Waals surface area contributed by atoms with Gasteiger partial charge >= 0.3 is 0 Å². The molecule has 0 radical (unpaired) electrons. The SMILES string of the molecule is CCNC(=NCCN(C)CCOC)N1CCC(CC(C)C)C1. The van der Waals surface area contributed by atoms with Gasteiger partial charge in [0.1, 0.15) is 0 Å². The van der Waals surface area contributed by atoms with Crippen molar-refractivity contribution in [2.75, 3.05) is 60.0 Å². The molecule has 0 aliphatic carbocycles. The van der Waals surface area contributed by atoms with Crippen LogP contribution in [0.4, 0.5) is 0 Å². The van der Waals surface area contributed by atoms with Crippen molar-refractivity contribution in [1.29, 1.82) is 0 Å². The van der Waals surface area contributed by atoms with Gasteiger partial charge in [0.15, 0.2) is 5.96 Å². The number of hydrogen-bond donors (Lipinski definition) is 1. The van der Waals surface area contributed by atoms with Gasteiger partial charge in [0.2, 0.25) is 0 Å². The highest BCUT2D eigenvalue weighted by Crippen LogP contribution is 2.23. The third kappa shape index (κ3) is 7.45. The maximum atomic E-state index is 5.11. The number of nitrogens with one attached hydrogen (secondary N) is 1. The number of ether oxygens (including phenoxy) is 1. The van der Waals surface area contributed by atoms with Gasteiger partial charge in [-0.05, 0) is 38.6 Å². The second-order valence-corrected chi connectivity index (χ2v) is 6.76. The van der Waals surface area contributed by atoms with Gasteiger partial charge in [-0.2, -0.15) is 0 Å². The summed E-state index contributed by atoms with van der Waals surface area (Å²) >= 11 is 0. The van der Waals surface area contributed by atoms with Gasteiger partial charge in [0.25, 0.3) is 0 Å². The summed E-state index contributed by atoms with van der Waals surface area (Å²) in [6.07, 6.45) is 2.63. The number of aliphatic imine (C=N–C) groups is 1. The van der Waals surface area contributed by atoms with Gasteiger partial charge in [-0.3, -0.25) is 4.99 Å². The molecule has 130 valence electrons. The number of rotatable bonds is 9. The molecule has 1 saturated heterocycles. The third-order valence-electron chi connectivity index (χ3n) is 4.15. The largest absolute Gasteiger partial charge is 0.383 e. The highest BCUT2D eigenvalue weighted by Gasteiger charge is 2.25. The first kappa shape index (κ1) is 19.2. The molecule has 22 heavy (non-hydrogen) atoms. The molecule has 1 N–H and O–H groups in total. The van der Waals surface area contributed by atoms with Crippen LogP contribution in [0.15, 0.2) is 4.99 Å². The van der Waals surface area contributed by atoms with E-state index in [4.69, 9.17) is 9.73 Å². The van der Waals surface area contributed by atoms with Crippen LogP contribution in [-0.4, -0.2) is 75.8 Å². The Kier molecular flexibility index (Phi) is 9.48. The Bertz CT molecular complexity index is 320. The van der Waals surface area contributed by atoms with Gasteiger partial charge < -0.3 is 19.9 Å². The normalized spacial score (nSPS) is 19.5. The lowest BCUT2D eigenvalue weighted by molar-refractivity contribution is 0.163. The molecule has 1 aliphatic rings. The first-order chi connectivity index (χ1) is 10.6. The predicted octanol–water partition coefficient (Wildman–Crippen LogP) is 1.90. The van der Waals surface area contributed by atoms with E-state index in [2.05, 4.69) is 42.9 Å². The van der Waals surface area contributed by atoms with Crippen molar-refractivity contribution in [3.63, 3.8) is 0 Å². The average molecular weight is 313 g/mol. The van der Waals surface area contributed by atoms with Crippen LogP contribution < -0.4 is 5.32 Å². The topological polar surface area (TPSA) is 40.1 Å².